The first-order chi connectivity index (χ1) is 24.5. The number of fused-ring (bicyclic) bond motifs is 1. The van der Waals surface area contributed by atoms with Crippen LogP contribution in [-0.2, 0) is 45.9 Å². The summed E-state index contributed by atoms with van der Waals surface area (Å²) in [6.45, 7) is 1.68. The fourth-order valence-corrected chi connectivity index (χ4v) is 12.7. The second kappa shape index (κ2) is 24.5. The van der Waals surface area contributed by atoms with Crippen LogP contribution in [0.2, 0.25) is 0 Å². The third kappa shape index (κ3) is 15.9. The largest absolute Gasteiger partial charge is 1.00 e. The fourth-order valence-electron chi connectivity index (χ4n) is 8.46. The molecule has 308 valence electrons. The Morgan fingerprint density at radius 3 is 1.91 bits per heavy atom. The molecule has 0 aromatic rings. The quantitative estimate of drug-likeness (QED) is 0.0332. The van der Waals surface area contributed by atoms with Crippen molar-refractivity contribution in [1.29, 1.82) is 0 Å². The summed E-state index contributed by atoms with van der Waals surface area (Å²) in [6.07, 6.45) is -6.91. The maximum Gasteiger partial charge on any atom is 1.00 e. The van der Waals surface area contributed by atoms with E-state index in [0.717, 1.165) is 0 Å². The molecule has 5 aliphatic rings. The molecule has 18 unspecified atom stereocenters. The first kappa shape index (κ1) is 58.7. The van der Waals surface area contributed by atoms with Gasteiger partial charge in [-0.2, -0.15) is 10.2 Å². The van der Waals surface area contributed by atoms with Crippen LogP contribution in [0.25, 0.3) is 0 Å². The Morgan fingerprint density at radius 2 is 1.35 bits per heavy atom. The van der Waals surface area contributed by atoms with Crippen molar-refractivity contribution in [2.24, 2.45) is 28.0 Å². The molecule has 21 nitrogen and oxygen atoms in total. The number of rotatable bonds is 11. The van der Waals surface area contributed by atoms with Crippen molar-refractivity contribution in [3.8, 4) is 0 Å². The smallest absolute Gasteiger partial charge is 0.750 e. The minimum Gasteiger partial charge on any atom is -0.750 e. The van der Waals surface area contributed by atoms with E-state index in [-0.39, 0.29) is 169 Å². The van der Waals surface area contributed by atoms with E-state index in [2.05, 4.69) is 36.8 Å². The Bertz CT molecular complexity index is 1710. The molecule has 4 saturated carbocycles. The van der Waals surface area contributed by atoms with Crippen LogP contribution < -0.4 is 145 Å². The van der Waals surface area contributed by atoms with E-state index in [0.29, 0.717) is 6.42 Å². The van der Waals surface area contributed by atoms with Crippen molar-refractivity contribution in [3.63, 3.8) is 0 Å². The minimum absolute atomic E-state index is 0. The first-order valence-corrected chi connectivity index (χ1v) is 23.2. The molecule has 31 heteroatoms. The van der Waals surface area contributed by atoms with Gasteiger partial charge in [-0.3, -0.25) is 30.8 Å². The Morgan fingerprint density at radius 1 is 0.754 bits per heavy atom. The average Bonchev–Trinajstić information content (AvgIpc) is 3.01. The molecule has 4 aliphatic carbocycles. The fraction of sp³-hybridized carbons (Fsp3) is 1.00. The SMILES string of the molecule is CC1CC(S(=O)(=O)[O-])C(N=NC2C(OS(=O)[O-])CC3CC(S(=O)(=O)[O-])CC(NC4NC(O)NC(NC5CCC(Cl)C(S(=O)(=O)[O-])C5)N4)C3C2O)CC1Cl.[Na+].[Na+].[Na+].[Na+]. The number of nitrogens with one attached hydrogen (secondary N) is 5. The number of azo groups is 1. The van der Waals surface area contributed by atoms with E-state index in [9.17, 15) is 57.9 Å². The van der Waals surface area contributed by atoms with Gasteiger partial charge in [0.2, 0.25) is 0 Å². The second-order valence-corrected chi connectivity index (χ2v) is 21.1. The van der Waals surface area contributed by atoms with Crippen LogP contribution in [-0.4, -0.2) is 140 Å². The van der Waals surface area contributed by atoms with E-state index < -0.39 is 135 Å². The van der Waals surface area contributed by atoms with E-state index in [1.807, 2.05) is 0 Å². The third-order valence-corrected chi connectivity index (χ3v) is 16.4. The van der Waals surface area contributed by atoms with Gasteiger partial charge in [-0.1, -0.05) is 6.92 Å². The molecular formula is C26H43Cl2N7Na4O14S4. The molecule has 0 aromatic heterocycles. The predicted molar refractivity (Wildman–Crippen MR) is 182 cm³/mol. The normalized spacial score (nSPS) is 42.2. The van der Waals surface area contributed by atoms with E-state index >= 15 is 0 Å². The van der Waals surface area contributed by atoms with Crippen LogP contribution in [0.4, 0.5) is 0 Å². The van der Waals surface area contributed by atoms with Gasteiger partial charge < -0.3 is 28.4 Å². The van der Waals surface area contributed by atoms with Crippen molar-refractivity contribution < 1.29 is 180 Å². The van der Waals surface area contributed by atoms with Crippen LogP contribution in [0.3, 0.4) is 0 Å². The van der Waals surface area contributed by atoms with Gasteiger partial charge in [-0.05, 0) is 63.2 Å². The van der Waals surface area contributed by atoms with Crippen molar-refractivity contribution in [2.45, 2.75) is 140 Å². The molecule has 0 bridgehead atoms. The summed E-state index contributed by atoms with van der Waals surface area (Å²) < 4.78 is 137. The number of halogens is 2. The number of hydrogen-bond acceptors (Lipinski definition) is 21. The Kier molecular flexibility index (Phi) is 25.2. The summed E-state index contributed by atoms with van der Waals surface area (Å²) in [5, 5.41) is 39.5. The van der Waals surface area contributed by atoms with Crippen LogP contribution in [0.15, 0.2) is 10.2 Å². The molecule has 1 aliphatic heterocycles. The second-order valence-electron chi connectivity index (χ2n) is 14.5. The monoisotopic (exact) mass is 967 g/mol. The van der Waals surface area contributed by atoms with Crippen molar-refractivity contribution in [2.75, 3.05) is 0 Å². The van der Waals surface area contributed by atoms with Gasteiger partial charge >= 0.3 is 118 Å². The molecule has 5 fully saturated rings. The minimum atomic E-state index is -4.91. The summed E-state index contributed by atoms with van der Waals surface area (Å²) in [7, 11) is -14.5. The number of aliphatic hydroxyl groups is 2. The van der Waals surface area contributed by atoms with Gasteiger partial charge in [0.15, 0.2) is 6.35 Å². The van der Waals surface area contributed by atoms with Crippen LogP contribution in [0.5, 0.6) is 0 Å². The molecule has 1 heterocycles. The Hall–Kier alpha value is 3.70. The topological polar surface area (TPSA) is 346 Å². The van der Waals surface area contributed by atoms with Gasteiger partial charge in [0.05, 0.1) is 69.6 Å². The van der Waals surface area contributed by atoms with Gasteiger partial charge in [0, 0.05) is 28.8 Å². The summed E-state index contributed by atoms with van der Waals surface area (Å²) in [6, 6.07) is -4.23. The van der Waals surface area contributed by atoms with E-state index in [1.165, 1.54) is 0 Å². The first-order valence-electron chi connectivity index (χ1n) is 17.0. The van der Waals surface area contributed by atoms with Crippen LogP contribution in [0.1, 0.15) is 58.3 Å². The molecule has 0 radical (unpaired) electrons. The molecule has 5 rings (SSSR count). The van der Waals surface area contributed by atoms with Gasteiger partial charge in [-0.25, -0.2) is 29.5 Å². The molecular weight excluding hydrogens is 925 g/mol. The van der Waals surface area contributed by atoms with E-state index in [4.69, 9.17) is 27.4 Å². The Labute approximate surface area is 433 Å². The maximum absolute atomic E-state index is 12.3. The third-order valence-electron chi connectivity index (χ3n) is 11.0. The van der Waals surface area contributed by atoms with Crippen molar-refractivity contribution >= 4 is 64.9 Å². The van der Waals surface area contributed by atoms with Gasteiger partial charge in [-0.15, -0.1) is 23.2 Å². The average molecular weight is 969 g/mol. The van der Waals surface area contributed by atoms with Crippen molar-refractivity contribution in [1.82, 2.24) is 26.6 Å². The zero-order valence-electron chi connectivity index (χ0n) is 32.0. The summed E-state index contributed by atoms with van der Waals surface area (Å²) in [5.41, 5.74) is 0. The number of nitrogens with zero attached hydrogens (tertiary/aromatic N) is 2. The molecule has 7 N–H and O–H groups in total. The predicted octanol–water partition coefficient (Wildman–Crippen LogP) is -14.7. The number of aliphatic hydroxyl groups excluding tert-OH is 2. The standard InChI is InChI=1S/C26H47Cl2N7O14S4.4Na/c1-10-4-20(53(46,47)48)16(9-15(10)28)34-35-22-18(49-50(38)39)6-11-5-13(51(40,41)42)8-17(21(11)23(22)36)30-25-31-24(32-26(37)33-25)29-12-2-3-14(27)19(7-12)52(43,44)45;;;;/h10-26,29-33,36-37H,2-9H2,1H3,(H,38,39)(H,40,41,42)(H,43,44,45)(H,46,47,48);;;;/q;4*+1/p-4. The summed E-state index contributed by atoms with van der Waals surface area (Å²) >= 11 is 9.31. The number of alkyl halides is 2. The van der Waals surface area contributed by atoms with Crippen LogP contribution >= 0.6 is 23.2 Å². The molecule has 18 atom stereocenters. The number of hydrogen-bond donors (Lipinski definition) is 7. The van der Waals surface area contributed by atoms with Gasteiger partial charge in [0.1, 0.15) is 24.7 Å². The Balaban J connectivity index is 0.00000406. The summed E-state index contributed by atoms with van der Waals surface area (Å²) in [5.74, 6) is -2.11. The zero-order chi connectivity index (χ0) is 39.2. The van der Waals surface area contributed by atoms with Crippen LogP contribution in [0, 0.1) is 17.8 Å². The maximum atomic E-state index is 12.3. The summed E-state index contributed by atoms with van der Waals surface area (Å²) in [4.78, 5) is 0. The molecule has 0 spiro atoms. The molecule has 0 amide bonds. The molecule has 0 aromatic carbocycles. The van der Waals surface area contributed by atoms with E-state index in [1.54, 1.807) is 6.92 Å². The molecule has 1 saturated heterocycles. The zero-order valence-corrected chi connectivity index (χ0v) is 44.8. The van der Waals surface area contributed by atoms with Crippen molar-refractivity contribution in [3.05, 3.63) is 0 Å². The van der Waals surface area contributed by atoms with Gasteiger partial charge in [0.25, 0.3) is 0 Å². The molecule has 57 heavy (non-hydrogen) atoms.